The van der Waals surface area contributed by atoms with Crippen LogP contribution in [0.4, 0.5) is 4.39 Å². The first-order valence-electron chi connectivity index (χ1n) is 5.75. The van der Waals surface area contributed by atoms with Crippen molar-refractivity contribution in [2.75, 3.05) is 0 Å². The lowest BCUT2D eigenvalue weighted by Gasteiger charge is -2.02. The molecule has 94 valence electrons. The second-order valence-corrected chi connectivity index (χ2v) is 5.77. The number of hydrogen-bond acceptors (Lipinski definition) is 3. The van der Waals surface area contributed by atoms with Crippen molar-refractivity contribution >= 4 is 24.0 Å². The number of aromatic nitrogens is 1. The van der Waals surface area contributed by atoms with Gasteiger partial charge in [0.05, 0.1) is 10.6 Å². The maximum absolute atomic E-state index is 13.0. The van der Waals surface area contributed by atoms with Gasteiger partial charge in [-0.2, -0.15) is 0 Å². The van der Waals surface area contributed by atoms with Crippen molar-refractivity contribution in [1.29, 1.82) is 0 Å². The summed E-state index contributed by atoms with van der Waals surface area (Å²) in [5.41, 5.74) is 2.85. The molecule has 1 nitrogen and oxygen atoms in total. The molecule has 0 N–H and O–H groups in total. The number of thiol groups is 1. The molecule has 0 radical (unpaired) electrons. The predicted octanol–water partition coefficient (Wildman–Crippen LogP) is 4.90. The molecule has 0 aliphatic carbocycles. The highest BCUT2D eigenvalue weighted by Gasteiger charge is 2.13. The molecule has 0 spiro atoms. The zero-order valence-electron chi connectivity index (χ0n) is 9.88. The highest BCUT2D eigenvalue weighted by atomic mass is 32.2. The summed E-state index contributed by atoms with van der Waals surface area (Å²) in [6.07, 6.45) is 0. The van der Waals surface area contributed by atoms with Gasteiger partial charge >= 0.3 is 0 Å². The molecule has 0 fully saturated rings. The highest BCUT2D eigenvalue weighted by Crippen LogP contribution is 2.37. The van der Waals surface area contributed by atoms with Crippen LogP contribution in [0.25, 0.3) is 21.7 Å². The number of halogens is 1. The van der Waals surface area contributed by atoms with Gasteiger partial charge in [-0.15, -0.1) is 24.0 Å². The molecule has 0 aliphatic heterocycles. The summed E-state index contributed by atoms with van der Waals surface area (Å²) in [6.45, 7) is 0. The highest BCUT2D eigenvalue weighted by molar-refractivity contribution is 7.82. The minimum Gasteiger partial charge on any atom is -0.229 e. The van der Waals surface area contributed by atoms with Crippen LogP contribution in [-0.4, -0.2) is 4.98 Å². The number of hydrogen-bond donors (Lipinski definition) is 1. The van der Waals surface area contributed by atoms with Gasteiger partial charge in [0.1, 0.15) is 10.2 Å². The minimum absolute atomic E-state index is 0.244. The van der Waals surface area contributed by atoms with E-state index in [1.165, 1.54) is 23.5 Å². The molecule has 3 rings (SSSR count). The first-order chi connectivity index (χ1) is 9.24. The Morgan fingerprint density at radius 3 is 2.26 bits per heavy atom. The molecule has 0 bridgehead atoms. The second-order valence-electron chi connectivity index (χ2n) is 4.05. The van der Waals surface area contributed by atoms with E-state index >= 15 is 0 Å². The van der Waals surface area contributed by atoms with Gasteiger partial charge in [0, 0.05) is 5.56 Å². The number of rotatable bonds is 2. The Hall–Kier alpha value is -1.65. The lowest BCUT2D eigenvalue weighted by atomic mass is 10.1. The van der Waals surface area contributed by atoms with Crippen molar-refractivity contribution < 1.29 is 4.39 Å². The van der Waals surface area contributed by atoms with Crippen LogP contribution < -0.4 is 0 Å². The molecule has 0 amide bonds. The third-order valence-electron chi connectivity index (χ3n) is 2.77. The lowest BCUT2D eigenvalue weighted by molar-refractivity contribution is 0.628. The smallest absolute Gasteiger partial charge is 0.148 e. The molecule has 0 unspecified atom stereocenters. The van der Waals surface area contributed by atoms with Gasteiger partial charge in [-0.1, -0.05) is 30.3 Å². The van der Waals surface area contributed by atoms with E-state index in [0.29, 0.717) is 4.34 Å². The Balaban J connectivity index is 2.15. The summed E-state index contributed by atoms with van der Waals surface area (Å²) in [5.74, 6) is -0.244. The van der Waals surface area contributed by atoms with E-state index in [4.69, 9.17) is 0 Å². The van der Waals surface area contributed by atoms with E-state index in [0.717, 1.165) is 21.7 Å². The van der Waals surface area contributed by atoms with Gasteiger partial charge in [0.2, 0.25) is 0 Å². The lowest BCUT2D eigenvalue weighted by Crippen LogP contribution is -1.82. The van der Waals surface area contributed by atoms with Crippen molar-refractivity contribution in [3.8, 4) is 21.7 Å². The minimum atomic E-state index is -0.244. The van der Waals surface area contributed by atoms with Crippen molar-refractivity contribution in [3.63, 3.8) is 0 Å². The fourth-order valence-electron chi connectivity index (χ4n) is 1.90. The molecule has 4 heteroatoms. The van der Waals surface area contributed by atoms with Gasteiger partial charge in [-0.05, 0) is 29.8 Å². The van der Waals surface area contributed by atoms with Crippen molar-refractivity contribution in [2.45, 2.75) is 4.34 Å². The van der Waals surface area contributed by atoms with Gasteiger partial charge in [0.25, 0.3) is 0 Å². The van der Waals surface area contributed by atoms with Crippen LogP contribution in [0.3, 0.4) is 0 Å². The van der Waals surface area contributed by atoms with Gasteiger partial charge in [-0.25, -0.2) is 9.37 Å². The summed E-state index contributed by atoms with van der Waals surface area (Å²) >= 11 is 5.85. The van der Waals surface area contributed by atoms with Crippen LogP contribution in [0.2, 0.25) is 0 Å². The fraction of sp³-hybridized carbons (Fsp3) is 0. The van der Waals surface area contributed by atoms with E-state index in [2.05, 4.69) is 17.6 Å². The molecule has 2 aromatic carbocycles. The molecule has 0 atom stereocenters. The third-order valence-corrected chi connectivity index (χ3v) is 4.05. The summed E-state index contributed by atoms with van der Waals surface area (Å²) in [7, 11) is 0. The van der Waals surface area contributed by atoms with E-state index in [9.17, 15) is 4.39 Å². The van der Waals surface area contributed by atoms with Crippen LogP contribution in [0.5, 0.6) is 0 Å². The van der Waals surface area contributed by atoms with Crippen LogP contribution in [0.15, 0.2) is 58.9 Å². The molecule has 1 aromatic heterocycles. The Kier molecular flexibility index (Phi) is 3.36. The molecule has 0 saturated carbocycles. The first kappa shape index (κ1) is 12.4. The second kappa shape index (κ2) is 5.15. The summed E-state index contributed by atoms with van der Waals surface area (Å²) < 4.78 is 13.7. The molecule has 1 heterocycles. The SMILES string of the molecule is Fc1ccc(-c2nc(S)sc2-c2ccccc2)cc1. The van der Waals surface area contributed by atoms with Gasteiger partial charge in [0.15, 0.2) is 0 Å². The summed E-state index contributed by atoms with van der Waals surface area (Å²) in [4.78, 5) is 5.50. The summed E-state index contributed by atoms with van der Waals surface area (Å²) in [5, 5.41) is 0. The number of nitrogens with zero attached hydrogens (tertiary/aromatic N) is 1. The van der Waals surface area contributed by atoms with Crippen molar-refractivity contribution in [1.82, 2.24) is 4.98 Å². The molecular weight excluding hydrogens is 277 g/mol. The average molecular weight is 287 g/mol. The number of benzene rings is 2. The zero-order valence-corrected chi connectivity index (χ0v) is 11.6. The summed E-state index contributed by atoms with van der Waals surface area (Å²) in [6, 6.07) is 16.4. The topological polar surface area (TPSA) is 12.9 Å². The monoisotopic (exact) mass is 287 g/mol. The van der Waals surface area contributed by atoms with E-state index in [-0.39, 0.29) is 5.82 Å². The third kappa shape index (κ3) is 2.55. The maximum atomic E-state index is 13.0. The molecule has 0 saturated heterocycles. The quantitative estimate of drug-likeness (QED) is 0.661. The molecule has 19 heavy (non-hydrogen) atoms. The van der Waals surface area contributed by atoms with Crippen LogP contribution in [0, 0.1) is 5.82 Å². The van der Waals surface area contributed by atoms with Gasteiger partial charge < -0.3 is 0 Å². The van der Waals surface area contributed by atoms with Crippen molar-refractivity contribution in [2.24, 2.45) is 0 Å². The molecule has 3 aromatic rings. The molecule has 0 aliphatic rings. The largest absolute Gasteiger partial charge is 0.229 e. The zero-order chi connectivity index (χ0) is 13.2. The Labute approximate surface area is 120 Å². The Bertz CT molecular complexity index is 690. The van der Waals surface area contributed by atoms with E-state index in [1.54, 1.807) is 12.1 Å². The number of thiazole rings is 1. The standard InChI is InChI=1S/C15H10FNS2/c16-12-8-6-10(7-9-12)13-14(19-15(18)17-13)11-4-2-1-3-5-11/h1-9H,(H,17,18). The fourth-order valence-corrected chi connectivity index (χ4v) is 3.10. The first-order valence-corrected chi connectivity index (χ1v) is 7.01. The predicted molar refractivity (Wildman–Crippen MR) is 80.2 cm³/mol. The van der Waals surface area contributed by atoms with Crippen molar-refractivity contribution in [3.05, 3.63) is 60.4 Å². The average Bonchev–Trinajstić information content (AvgIpc) is 2.83. The van der Waals surface area contributed by atoms with E-state index < -0.39 is 0 Å². The molecular formula is C15H10FNS2. The van der Waals surface area contributed by atoms with Crippen LogP contribution in [-0.2, 0) is 0 Å². The van der Waals surface area contributed by atoms with Crippen LogP contribution in [0.1, 0.15) is 0 Å². The Morgan fingerprint density at radius 2 is 1.58 bits per heavy atom. The van der Waals surface area contributed by atoms with Crippen LogP contribution >= 0.6 is 24.0 Å². The van der Waals surface area contributed by atoms with E-state index in [1.807, 2.05) is 30.3 Å². The Morgan fingerprint density at radius 1 is 0.895 bits per heavy atom. The normalized spacial score (nSPS) is 10.6. The maximum Gasteiger partial charge on any atom is 0.148 e. The van der Waals surface area contributed by atoms with Gasteiger partial charge in [-0.3, -0.25) is 0 Å².